The first-order valence-corrected chi connectivity index (χ1v) is 13.4. The first-order chi connectivity index (χ1) is 19.5. The summed E-state index contributed by atoms with van der Waals surface area (Å²) in [5.74, 6) is -2.43. The lowest BCUT2D eigenvalue weighted by atomic mass is 10.0. The summed E-state index contributed by atoms with van der Waals surface area (Å²) in [6.45, 7) is 12.4. The zero-order valence-corrected chi connectivity index (χ0v) is 23.4. The fraction of sp³-hybridized carbons (Fsp3) is 0.290. The lowest BCUT2D eigenvalue weighted by Crippen LogP contribution is -2.53. The van der Waals surface area contributed by atoms with Crippen molar-refractivity contribution >= 4 is 22.6 Å². The van der Waals surface area contributed by atoms with Crippen LogP contribution in [0.25, 0.3) is 28.0 Å². The van der Waals surface area contributed by atoms with Crippen LogP contribution in [-0.4, -0.2) is 56.1 Å². The van der Waals surface area contributed by atoms with E-state index in [4.69, 9.17) is 0 Å². The van der Waals surface area contributed by atoms with E-state index < -0.39 is 34.2 Å². The van der Waals surface area contributed by atoms with Crippen LogP contribution < -0.4 is 10.5 Å². The maximum Gasteiger partial charge on any atom is 0.258 e. The standard InChI is InChI=1S/C31H31F2N5O3/c1-6-25(40)36-12-13-37(19(5)16-36)23-15-26(41)38(30-18(4)10-11-34-28(30)17(2)3)31-20(23)14-22(33)29(35-31)27-21(32)8-7-9-24(27)39/h6-11,14-15,17,19,39H,1,12-13,16H2,2-5H3. The van der Waals surface area contributed by atoms with Crippen LogP contribution in [0.1, 0.15) is 37.9 Å². The molecule has 1 saturated heterocycles. The van der Waals surface area contributed by atoms with Crippen LogP contribution in [0.2, 0.25) is 0 Å². The number of aromatic hydroxyl groups is 1. The highest BCUT2D eigenvalue weighted by Crippen LogP contribution is 2.37. The summed E-state index contributed by atoms with van der Waals surface area (Å²) in [4.78, 5) is 38.9. The first kappa shape index (κ1) is 27.9. The summed E-state index contributed by atoms with van der Waals surface area (Å²) in [5.41, 5.74) is 1.22. The van der Waals surface area contributed by atoms with Gasteiger partial charge in [0.2, 0.25) is 5.91 Å². The van der Waals surface area contributed by atoms with E-state index >= 15 is 4.39 Å². The molecule has 1 amide bonds. The Morgan fingerprint density at radius 3 is 2.59 bits per heavy atom. The second-order valence-corrected chi connectivity index (χ2v) is 10.6. The average Bonchev–Trinajstić information content (AvgIpc) is 2.93. The van der Waals surface area contributed by atoms with Gasteiger partial charge >= 0.3 is 0 Å². The van der Waals surface area contributed by atoms with Gasteiger partial charge in [-0.25, -0.2) is 13.8 Å². The van der Waals surface area contributed by atoms with Gasteiger partial charge in [0.15, 0.2) is 5.82 Å². The molecule has 3 aromatic heterocycles. The summed E-state index contributed by atoms with van der Waals surface area (Å²) in [7, 11) is 0. The maximum absolute atomic E-state index is 15.8. The van der Waals surface area contributed by atoms with Crippen molar-refractivity contribution in [2.45, 2.75) is 39.7 Å². The third-order valence-electron chi connectivity index (χ3n) is 7.50. The number of fused-ring (bicyclic) bond motifs is 1. The van der Waals surface area contributed by atoms with Crippen LogP contribution in [0.3, 0.4) is 0 Å². The van der Waals surface area contributed by atoms with E-state index in [1.54, 1.807) is 17.2 Å². The number of benzene rings is 1. The number of hydrogen-bond acceptors (Lipinski definition) is 6. The maximum atomic E-state index is 15.8. The minimum Gasteiger partial charge on any atom is -0.507 e. The van der Waals surface area contributed by atoms with Gasteiger partial charge in [0.05, 0.1) is 22.6 Å². The lowest BCUT2D eigenvalue weighted by molar-refractivity contribution is -0.126. The molecule has 1 aromatic carbocycles. The summed E-state index contributed by atoms with van der Waals surface area (Å²) < 4.78 is 32.1. The summed E-state index contributed by atoms with van der Waals surface area (Å²) in [5, 5.41) is 10.8. The number of halogens is 2. The monoisotopic (exact) mass is 559 g/mol. The van der Waals surface area contributed by atoms with E-state index in [-0.39, 0.29) is 23.5 Å². The highest BCUT2D eigenvalue weighted by Gasteiger charge is 2.30. The number of rotatable bonds is 5. The smallest absolute Gasteiger partial charge is 0.258 e. The van der Waals surface area contributed by atoms with Crippen molar-refractivity contribution in [1.82, 2.24) is 19.4 Å². The van der Waals surface area contributed by atoms with Gasteiger partial charge in [-0.05, 0) is 55.7 Å². The van der Waals surface area contributed by atoms with Gasteiger partial charge in [0.1, 0.15) is 22.9 Å². The first-order valence-electron chi connectivity index (χ1n) is 13.4. The molecule has 1 atom stereocenters. The van der Waals surface area contributed by atoms with Crippen LogP contribution in [0.15, 0.2) is 60.0 Å². The number of pyridine rings is 3. The van der Waals surface area contributed by atoms with E-state index in [1.165, 1.54) is 34.9 Å². The molecule has 0 spiro atoms. The second-order valence-electron chi connectivity index (χ2n) is 10.6. The number of carbonyl (C=O) groups is 1. The fourth-order valence-electron chi connectivity index (χ4n) is 5.51. The van der Waals surface area contributed by atoms with E-state index in [1.807, 2.05) is 32.6 Å². The second kappa shape index (κ2) is 10.8. The number of nitrogens with zero attached hydrogens (tertiary/aromatic N) is 5. The average molecular weight is 560 g/mol. The summed E-state index contributed by atoms with van der Waals surface area (Å²) >= 11 is 0. The van der Waals surface area contributed by atoms with Crippen LogP contribution in [0.5, 0.6) is 5.75 Å². The Hall–Kier alpha value is -4.60. The number of anilines is 1. The molecule has 41 heavy (non-hydrogen) atoms. The molecule has 0 aliphatic carbocycles. The highest BCUT2D eigenvalue weighted by molar-refractivity contribution is 5.93. The van der Waals surface area contributed by atoms with E-state index in [0.717, 1.165) is 11.6 Å². The van der Waals surface area contributed by atoms with Crippen molar-refractivity contribution in [2.24, 2.45) is 0 Å². The van der Waals surface area contributed by atoms with Crippen molar-refractivity contribution in [2.75, 3.05) is 24.5 Å². The summed E-state index contributed by atoms with van der Waals surface area (Å²) in [6.07, 6.45) is 2.93. The Labute approximate surface area is 236 Å². The molecular weight excluding hydrogens is 528 g/mol. The van der Waals surface area contributed by atoms with Gasteiger partial charge < -0.3 is 14.9 Å². The molecular formula is C31H31F2N5O3. The Balaban J connectivity index is 1.83. The molecule has 1 aliphatic rings. The number of hydrogen-bond donors (Lipinski definition) is 1. The predicted molar refractivity (Wildman–Crippen MR) is 155 cm³/mol. The number of aryl methyl sites for hydroxylation is 1. The normalized spacial score (nSPS) is 15.5. The molecule has 5 rings (SSSR count). The molecule has 1 N–H and O–H groups in total. The van der Waals surface area contributed by atoms with Crippen LogP contribution in [-0.2, 0) is 4.79 Å². The Morgan fingerprint density at radius 1 is 1.17 bits per heavy atom. The number of phenols is 1. The summed E-state index contributed by atoms with van der Waals surface area (Å²) in [6, 6.07) is 7.91. The van der Waals surface area contributed by atoms with Crippen molar-refractivity contribution in [3.63, 3.8) is 0 Å². The Bertz CT molecular complexity index is 1730. The predicted octanol–water partition coefficient (Wildman–Crippen LogP) is 5.09. The highest BCUT2D eigenvalue weighted by atomic mass is 19.1. The molecule has 0 bridgehead atoms. The SMILES string of the molecule is C=CC(=O)N1CCN(c2cc(=O)n(-c3c(C)ccnc3C(C)C)c3nc(-c4c(O)cccc4F)c(F)cc23)C(C)C1. The van der Waals surface area contributed by atoms with Crippen molar-refractivity contribution in [3.05, 3.63) is 88.5 Å². The fourth-order valence-corrected chi connectivity index (χ4v) is 5.51. The van der Waals surface area contributed by atoms with Crippen LogP contribution in [0.4, 0.5) is 14.5 Å². The molecule has 10 heteroatoms. The molecule has 0 radical (unpaired) electrons. The largest absolute Gasteiger partial charge is 0.507 e. The third kappa shape index (κ3) is 4.83. The Kier molecular flexibility index (Phi) is 7.33. The van der Waals surface area contributed by atoms with E-state index in [0.29, 0.717) is 42.1 Å². The molecule has 1 unspecified atom stereocenters. The lowest BCUT2D eigenvalue weighted by Gasteiger charge is -2.41. The molecule has 1 fully saturated rings. The van der Waals surface area contributed by atoms with Crippen LogP contribution in [0, 0.1) is 18.6 Å². The number of amides is 1. The van der Waals surface area contributed by atoms with E-state index in [2.05, 4.69) is 16.5 Å². The zero-order valence-electron chi connectivity index (χ0n) is 23.4. The third-order valence-corrected chi connectivity index (χ3v) is 7.50. The minimum absolute atomic E-state index is 0.0578. The molecule has 8 nitrogen and oxygen atoms in total. The number of piperazine rings is 1. The molecule has 0 saturated carbocycles. The quantitative estimate of drug-likeness (QED) is 0.343. The van der Waals surface area contributed by atoms with Crippen molar-refractivity contribution in [3.8, 4) is 22.7 Å². The van der Waals surface area contributed by atoms with Gasteiger partial charge in [-0.3, -0.25) is 19.1 Å². The van der Waals surface area contributed by atoms with Gasteiger partial charge in [-0.15, -0.1) is 0 Å². The number of carbonyl (C=O) groups excluding carboxylic acids is 1. The van der Waals surface area contributed by atoms with Crippen molar-refractivity contribution in [1.29, 1.82) is 0 Å². The van der Waals surface area contributed by atoms with E-state index in [9.17, 15) is 19.1 Å². The minimum atomic E-state index is -0.857. The van der Waals surface area contributed by atoms with Gasteiger partial charge in [0, 0.05) is 43.3 Å². The molecule has 4 aromatic rings. The van der Waals surface area contributed by atoms with Gasteiger partial charge in [-0.2, -0.15) is 0 Å². The molecule has 4 heterocycles. The number of phenolic OH excluding ortho intramolecular Hbond substituents is 1. The topological polar surface area (TPSA) is 91.6 Å². The molecule has 1 aliphatic heterocycles. The number of aromatic nitrogens is 3. The molecule has 212 valence electrons. The Morgan fingerprint density at radius 2 is 1.93 bits per heavy atom. The van der Waals surface area contributed by atoms with Crippen molar-refractivity contribution < 1.29 is 18.7 Å². The van der Waals surface area contributed by atoms with Gasteiger partial charge in [-0.1, -0.05) is 26.5 Å². The van der Waals surface area contributed by atoms with Crippen LogP contribution >= 0.6 is 0 Å². The van der Waals surface area contributed by atoms with Gasteiger partial charge in [0.25, 0.3) is 5.56 Å². The zero-order chi connectivity index (χ0) is 29.6.